The largest absolute Gasteiger partial charge is 0.497 e. The maximum absolute atomic E-state index is 5.62. The van der Waals surface area contributed by atoms with Crippen LogP contribution in [0.1, 0.15) is 13.8 Å². The third-order valence-corrected chi connectivity index (χ3v) is 2.91. The first-order valence-electron chi connectivity index (χ1n) is 6.17. The van der Waals surface area contributed by atoms with Crippen molar-refractivity contribution in [3.05, 3.63) is 22.7 Å². The zero-order valence-corrected chi connectivity index (χ0v) is 13.4. The van der Waals surface area contributed by atoms with E-state index in [0.717, 1.165) is 0 Å². The number of rotatable bonds is 5. The van der Waals surface area contributed by atoms with Crippen molar-refractivity contribution in [2.75, 3.05) is 12.8 Å². The Balaban J connectivity index is 2.24. The topological polar surface area (TPSA) is 92.4 Å². The molecule has 1 aromatic heterocycles. The Labute approximate surface area is 130 Å². The molecule has 112 valence electrons. The lowest BCUT2D eigenvalue weighted by Crippen LogP contribution is -2.11. The molecule has 0 unspecified atom stereocenters. The molecule has 0 fully saturated rings. The number of aromatic nitrogens is 3. The lowest BCUT2D eigenvalue weighted by atomic mass is 10.3. The molecular formula is C13H15BrN4O3. The lowest BCUT2D eigenvalue weighted by molar-refractivity contribution is 0.218. The molecule has 0 aliphatic rings. The van der Waals surface area contributed by atoms with Crippen LogP contribution in [0.4, 0.5) is 5.95 Å². The van der Waals surface area contributed by atoms with E-state index >= 15 is 0 Å². The SMILES string of the molecule is COc1ccc(Oc2nc(N)nc(OC(C)C)n2)c(Br)c1. The van der Waals surface area contributed by atoms with Crippen molar-refractivity contribution >= 4 is 21.9 Å². The number of anilines is 1. The average Bonchev–Trinajstić information content (AvgIpc) is 2.39. The number of nitrogens with two attached hydrogens (primary N) is 1. The fraction of sp³-hybridized carbons (Fsp3) is 0.308. The van der Waals surface area contributed by atoms with Crippen molar-refractivity contribution < 1.29 is 14.2 Å². The van der Waals surface area contributed by atoms with Crippen LogP contribution >= 0.6 is 15.9 Å². The second-order valence-electron chi connectivity index (χ2n) is 4.32. The Bertz CT molecular complexity index is 637. The van der Waals surface area contributed by atoms with Crippen molar-refractivity contribution in [2.24, 2.45) is 0 Å². The van der Waals surface area contributed by atoms with Gasteiger partial charge < -0.3 is 19.9 Å². The molecule has 1 aromatic carbocycles. The average molecular weight is 355 g/mol. The fourth-order valence-corrected chi connectivity index (χ4v) is 1.89. The second kappa shape index (κ2) is 6.57. The molecule has 21 heavy (non-hydrogen) atoms. The molecule has 2 rings (SSSR count). The highest BCUT2D eigenvalue weighted by Gasteiger charge is 2.11. The van der Waals surface area contributed by atoms with Gasteiger partial charge in [0.2, 0.25) is 5.95 Å². The first kappa shape index (κ1) is 15.3. The number of halogens is 1. The summed E-state index contributed by atoms with van der Waals surface area (Å²) in [5.41, 5.74) is 5.62. The van der Waals surface area contributed by atoms with Crippen LogP contribution in [-0.4, -0.2) is 28.2 Å². The van der Waals surface area contributed by atoms with Crippen molar-refractivity contribution in [3.8, 4) is 23.5 Å². The molecule has 2 N–H and O–H groups in total. The quantitative estimate of drug-likeness (QED) is 0.882. The molecule has 0 atom stereocenters. The highest BCUT2D eigenvalue weighted by molar-refractivity contribution is 9.10. The molecule has 7 nitrogen and oxygen atoms in total. The van der Waals surface area contributed by atoms with Gasteiger partial charge in [-0.25, -0.2) is 0 Å². The number of ether oxygens (including phenoxy) is 3. The minimum absolute atomic E-state index is 0.0280. The maximum atomic E-state index is 5.62. The van der Waals surface area contributed by atoms with Gasteiger partial charge in [0.25, 0.3) is 0 Å². The van der Waals surface area contributed by atoms with Gasteiger partial charge in [-0.05, 0) is 48.0 Å². The first-order chi connectivity index (χ1) is 9.97. The lowest BCUT2D eigenvalue weighted by Gasteiger charge is -2.10. The molecule has 0 spiro atoms. The van der Waals surface area contributed by atoms with E-state index in [0.29, 0.717) is 16.0 Å². The van der Waals surface area contributed by atoms with Gasteiger partial charge in [-0.15, -0.1) is 4.98 Å². The predicted molar refractivity (Wildman–Crippen MR) is 80.8 cm³/mol. The Morgan fingerprint density at radius 1 is 1.14 bits per heavy atom. The highest BCUT2D eigenvalue weighted by atomic mass is 79.9. The minimum Gasteiger partial charge on any atom is -0.497 e. The number of nitrogen functional groups attached to an aromatic ring is 1. The van der Waals surface area contributed by atoms with Gasteiger partial charge in [0.15, 0.2) is 0 Å². The predicted octanol–water partition coefficient (Wildman–Crippen LogP) is 2.80. The third kappa shape index (κ3) is 4.19. The minimum atomic E-state index is -0.0765. The first-order valence-corrected chi connectivity index (χ1v) is 6.97. The summed E-state index contributed by atoms with van der Waals surface area (Å²) in [5, 5.41) is 0. The van der Waals surface area contributed by atoms with E-state index in [-0.39, 0.29) is 24.1 Å². The summed E-state index contributed by atoms with van der Waals surface area (Å²) in [7, 11) is 1.59. The highest BCUT2D eigenvalue weighted by Crippen LogP contribution is 2.32. The van der Waals surface area contributed by atoms with Crippen LogP contribution in [0.2, 0.25) is 0 Å². The number of hydrogen-bond donors (Lipinski definition) is 1. The van der Waals surface area contributed by atoms with Gasteiger partial charge >= 0.3 is 12.0 Å². The molecule has 1 heterocycles. The van der Waals surface area contributed by atoms with Crippen LogP contribution in [0.25, 0.3) is 0 Å². The van der Waals surface area contributed by atoms with E-state index < -0.39 is 0 Å². The van der Waals surface area contributed by atoms with E-state index in [9.17, 15) is 0 Å². The maximum Gasteiger partial charge on any atom is 0.330 e. The zero-order chi connectivity index (χ0) is 15.4. The Hall–Kier alpha value is -2.09. The van der Waals surface area contributed by atoms with Crippen molar-refractivity contribution in [2.45, 2.75) is 20.0 Å². The van der Waals surface area contributed by atoms with Crippen molar-refractivity contribution in [3.63, 3.8) is 0 Å². The van der Waals surface area contributed by atoms with Crippen LogP contribution in [0, 0.1) is 0 Å². The number of methoxy groups -OCH3 is 1. The fourth-order valence-electron chi connectivity index (χ4n) is 1.45. The monoisotopic (exact) mass is 354 g/mol. The van der Waals surface area contributed by atoms with Crippen LogP contribution in [-0.2, 0) is 0 Å². The third-order valence-electron chi connectivity index (χ3n) is 2.29. The Kier molecular flexibility index (Phi) is 4.79. The summed E-state index contributed by atoms with van der Waals surface area (Å²) in [4.78, 5) is 11.9. The van der Waals surface area contributed by atoms with E-state index in [4.69, 9.17) is 19.9 Å². The summed E-state index contributed by atoms with van der Waals surface area (Å²) < 4.78 is 16.8. The van der Waals surface area contributed by atoms with E-state index in [2.05, 4.69) is 30.9 Å². The van der Waals surface area contributed by atoms with E-state index in [1.165, 1.54) is 0 Å². The van der Waals surface area contributed by atoms with Crippen molar-refractivity contribution in [1.29, 1.82) is 0 Å². The summed E-state index contributed by atoms with van der Waals surface area (Å²) in [6.45, 7) is 3.72. The Morgan fingerprint density at radius 2 is 1.86 bits per heavy atom. The van der Waals surface area contributed by atoms with Gasteiger partial charge in [-0.3, -0.25) is 0 Å². The van der Waals surface area contributed by atoms with Gasteiger partial charge in [-0.1, -0.05) is 0 Å². The number of benzene rings is 1. The molecule has 0 amide bonds. The molecular weight excluding hydrogens is 340 g/mol. The second-order valence-corrected chi connectivity index (χ2v) is 5.18. The van der Waals surface area contributed by atoms with Crippen LogP contribution in [0.5, 0.6) is 23.5 Å². The summed E-state index contributed by atoms with van der Waals surface area (Å²) >= 11 is 3.38. The summed E-state index contributed by atoms with van der Waals surface area (Å²) in [5.74, 6) is 1.25. The standard InChI is InChI=1S/C13H15BrN4O3/c1-7(2)20-12-16-11(15)17-13(18-12)21-10-5-4-8(19-3)6-9(10)14/h4-7H,1-3H3,(H2,15,16,17,18). The summed E-state index contributed by atoms with van der Waals surface area (Å²) in [6.07, 6.45) is -0.0765. The van der Waals surface area contributed by atoms with E-state index in [1.807, 2.05) is 13.8 Å². The molecule has 0 bridgehead atoms. The van der Waals surface area contributed by atoms with E-state index in [1.54, 1.807) is 25.3 Å². The van der Waals surface area contributed by atoms with Gasteiger partial charge in [0.05, 0.1) is 17.7 Å². The number of nitrogens with zero attached hydrogens (tertiary/aromatic N) is 3. The normalized spacial score (nSPS) is 10.5. The molecule has 8 heteroatoms. The molecule has 0 radical (unpaired) electrons. The molecule has 0 aliphatic carbocycles. The van der Waals surface area contributed by atoms with Gasteiger partial charge in [-0.2, -0.15) is 9.97 Å². The zero-order valence-electron chi connectivity index (χ0n) is 11.8. The summed E-state index contributed by atoms with van der Waals surface area (Å²) in [6, 6.07) is 5.44. The number of hydrogen-bond acceptors (Lipinski definition) is 7. The Morgan fingerprint density at radius 3 is 2.48 bits per heavy atom. The molecule has 0 aliphatic heterocycles. The smallest absolute Gasteiger partial charge is 0.330 e. The van der Waals surface area contributed by atoms with Crippen molar-refractivity contribution in [1.82, 2.24) is 15.0 Å². The van der Waals surface area contributed by atoms with Crippen LogP contribution < -0.4 is 19.9 Å². The van der Waals surface area contributed by atoms with Crippen LogP contribution in [0.15, 0.2) is 22.7 Å². The molecule has 0 saturated heterocycles. The molecule has 0 saturated carbocycles. The van der Waals surface area contributed by atoms with Gasteiger partial charge in [0, 0.05) is 0 Å². The van der Waals surface area contributed by atoms with Crippen LogP contribution in [0.3, 0.4) is 0 Å². The molecule has 2 aromatic rings. The van der Waals surface area contributed by atoms with Gasteiger partial charge in [0.1, 0.15) is 11.5 Å².